The number of likely N-dealkylation sites (tertiary alicyclic amines) is 1. The zero-order valence-electron chi connectivity index (χ0n) is 16.3. The molecular formula is C18H35N3O3. The molecule has 0 aromatic heterocycles. The first kappa shape index (κ1) is 20.7. The summed E-state index contributed by atoms with van der Waals surface area (Å²) in [6, 6.07) is 0.430. The minimum absolute atomic E-state index is 0.0274. The quantitative estimate of drug-likeness (QED) is 0.746. The maximum atomic E-state index is 12.0. The zero-order valence-corrected chi connectivity index (χ0v) is 16.3. The van der Waals surface area contributed by atoms with E-state index in [9.17, 15) is 9.59 Å². The van der Waals surface area contributed by atoms with Crippen LogP contribution in [0, 0.1) is 11.8 Å². The molecule has 1 aliphatic heterocycles. The molecule has 24 heavy (non-hydrogen) atoms. The second-order valence-electron chi connectivity index (χ2n) is 8.44. The van der Waals surface area contributed by atoms with E-state index in [1.165, 1.54) is 0 Å². The van der Waals surface area contributed by atoms with Gasteiger partial charge in [-0.3, -0.25) is 4.79 Å². The molecule has 2 amide bonds. The summed E-state index contributed by atoms with van der Waals surface area (Å²) in [4.78, 5) is 25.5. The first-order chi connectivity index (χ1) is 11.0. The number of amides is 2. The first-order valence-corrected chi connectivity index (χ1v) is 8.98. The molecule has 2 N–H and O–H groups in total. The Morgan fingerprint density at radius 3 is 2.21 bits per heavy atom. The summed E-state index contributed by atoms with van der Waals surface area (Å²) in [6.45, 7) is 15.7. The highest BCUT2D eigenvalue weighted by Crippen LogP contribution is 2.25. The van der Waals surface area contributed by atoms with Gasteiger partial charge in [-0.15, -0.1) is 0 Å². The van der Waals surface area contributed by atoms with Crippen LogP contribution in [0.1, 0.15) is 54.9 Å². The highest BCUT2D eigenvalue weighted by atomic mass is 16.6. The molecule has 0 aromatic carbocycles. The molecule has 1 fully saturated rings. The van der Waals surface area contributed by atoms with Crippen molar-refractivity contribution in [1.82, 2.24) is 15.5 Å². The van der Waals surface area contributed by atoms with Gasteiger partial charge in [-0.25, -0.2) is 4.79 Å². The van der Waals surface area contributed by atoms with Crippen LogP contribution in [0.2, 0.25) is 0 Å². The van der Waals surface area contributed by atoms with Crippen LogP contribution in [0.5, 0.6) is 0 Å². The molecule has 0 spiro atoms. The van der Waals surface area contributed by atoms with Gasteiger partial charge in [-0.05, 0) is 52.9 Å². The Balaban J connectivity index is 2.35. The Hall–Kier alpha value is -1.30. The second kappa shape index (κ2) is 8.70. The van der Waals surface area contributed by atoms with E-state index >= 15 is 0 Å². The summed E-state index contributed by atoms with van der Waals surface area (Å²) in [6.07, 6.45) is 0.732. The summed E-state index contributed by atoms with van der Waals surface area (Å²) in [7, 11) is 0. The fourth-order valence-corrected chi connectivity index (χ4v) is 2.74. The fraction of sp³-hybridized carbons (Fsp3) is 0.889. The molecular weight excluding hydrogens is 306 g/mol. The summed E-state index contributed by atoms with van der Waals surface area (Å²) < 4.78 is 5.38. The molecule has 1 saturated heterocycles. The normalized spacial score (nSPS) is 17.0. The Morgan fingerprint density at radius 1 is 1.17 bits per heavy atom. The van der Waals surface area contributed by atoms with Gasteiger partial charge in [0.15, 0.2) is 0 Å². The van der Waals surface area contributed by atoms with Crippen molar-refractivity contribution in [3.63, 3.8) is 0 Å². The van der Waals surface area contributed by atoms with E-state index in [2.05, 4.69) is 24.5 Å². The number of nitrogens with zero attached hydrogens (tertiary/aromatic N) is 1. The topological polar surface area (TPSA) is 70.7 Å². The number of rotatable bonds is 7. The number of carbonyl (C=O) groups excluding carboxylic acids is 2. The smallest absolute Gasteiger partial charge is 0.410 e. The average Bonchev–Trinajstić information content (AvgIpc) is 2.32. The molecule has 0 aliphatic carbocycles. The Kier molecular flexibility index (Phi) is 7.52. The van der Waals surface area contributed by atoms with E-state index in [4.69, 9.17) is 4.74 Å². The molecule has 1 atom stereocenters. The Morgan fingerprint density at radius 2 is 1.75 bits per heavy atom. The van der Waals surface area contributed by atoms with Gasteiger partial charge < -0.3 is 20.3 Å². The number of hydrogen-bond donors (Lipinski definition) is 2. The van der Waals surface area contributed by atoms with Crippen LogP contribution in [0.3, 0.4) is 0 Å². The third kappa shape index (κ3) is 7.51. The van der Waals surface area contributed by atoms with E-state index in [0.717, 1.165) is 19.5 Å². The van der Waals surface area contributed by atoms with Crippen molar-refractivity contribution < 1.29 is 14.3 Å². The predicted octanol–water partition coefficient (Wildman–Crippen LogP) is 2.38. The standard InChI is InChI=1S/C18H35N3O3/c1-12(2)15(19-9-16(22)20-13(3)4)8-14-10-21(11-14)17(23)24-18(5,6)7/h12-15,19H,8-11H2,1-7H3,(H,20,22). The summed E-state index contributed by atoms with van der Waals surface area (Å²) >= 11 is 0. The van der Waals surface area contributed by atoms with Crippen molar-refractivity contribution in [3.05, 3.63) is 0 Å². The lowest BCUT2D eigenvalue weighted by Crippen LogP contribution is -2.54. The van der Waals surface area contributed by atoms with Crippen LogP contribution in [0.25, 0.3) is 0 Å². The van der Waals surface area contributed by atoms with Gasteiger partial charge in [0.05, 0.1) is 6.54 Å². The van der Waals surface area contributed by atoms with Crippen LogP contribution in [0.4, 0.5) is 4.79 Å². The number of hydrogen-bond acceptors (Lipinski definition) is 4. The molecule has 1 aliphatic rings. The Bertz CT molecular complexity index is 424. The lowest BCUT2D eigenvalue weighted by molar-refractivity contribution is -0.120. The van der Waals surface area contributed by atoms with Gasteiger partial charge in [0.1, 0.15) is 5.60 Å². The van der Waals surface area contributed by atoms with Crippen molar-refractivity contribution >= 4 is 12.0 Å². The van der Waals surface area contributed by atoms with E-state index in [-0.39, 0.29) is 24.1 Å². The Labute approximate surface area is 146 Å². The van der Waals surface area contributed by atoms with Crippen molar-refractivity contribution in [1.29, 1.82) is 0 Å². The molecule has 0 saturated carbocycles. The lowest BCUT2D eigenvalue weighted by atomic mass is 9.88. The highest BCUT2D eigenvalue weighted by Gasteiger charge is 2.35. The molecule has 1 unspecified atom stereocenters. The van der Waals surface area contributed by atoms with Crippen molar-refractivity contribution in [3.8, 4) is 0 Å². The van der Waals surface area contributed by atoms with Gasteiger partial charge >= 0.3 is 6.09 Å². The van der Waals surface area contributed by atoms with E-state index < -0.39 is 5.60 Å². The van der Waals surface area contributed by atoms with Crippen LogP contribution < -0.4 is 10.6 Å². The van der Waals surface area contributed by atoms with Gasteiger partial charge in [0.2, 0.25) is 5.91 Å². The minimum Gasteiger partial charge on any atom is -0.444 e. The predicted molar refractivity (Wildman–Crippen MR) is 95.8 cm³/mol. The number of carbonyl (C=O) groups is 2. The monoisotopic (exact) mass is 341 g/mol. The van der Waals surface area contributed by atoms with Gasteiger partial charge in [0.25, 0.3) is 0 Å². The van der Waals surface area contributed by atoms with E-state index in [1.807, 2.05) is 34.6 Å². The average molecular weight is 341 g/mol. The number of ether oxygens (including phenoxy) is 1. The van der Waals surface area contributed by atoms with Gasteiger partial charge in [-0.1, -0.05) is 13.8 Å². The molecule has 0 radical (unpaired) electrons. The maximum absolute atomic E-state index is 12.0. The van der Waals surface area contributed by atoms with Crippen molar-refractivity contribution in [2.45, 2.75) is 72.6 Å². The minimum atomic E-state index is -0.450. The number of nitrogens with one attached hydrogen (secondary N) is 2. The van der Waals surface area contributed by atoms with E-state index in [1.54, 1.807) is 4.90 Å². The molecule has 1 heterocycles. The van der Waals surface area contributed by atoms with Crippen LogP contribution in [0.15, 0.2) is 0 Å². The third-order valence-electron chi connectivity index (χ3n) is 3.98. The van der Waals surface area contributed by atoms with Crippen molar-refractivity contribution in [2.24, 2.45) is 11.8 Å². The van der Waals surface area contributed by atoms with Crippen LogP contribution in [-0.4, -0.2) is 54.2 Å². The third-order valence-corrected chi connectivity index (χ3v) is 3.98. The first-order valence-electron chi connectivity index (χ1n) is 8.98. The highest BCUT2D eigenvalue weighted by molar-refractivity contribution is 5.78. The van der Waals surface area contributed by atoms with E-state index in [0.29, 0.717) is 18.4 Å². The van der Waals surface area contributed by atoms with Gasteiger partial charge in [0, 0.05) is 25.2 Å². The molecule has 0 bridgehead atoms. The molecule has 6 nitrogen and oxygen atoms in total. The SMILES string of the molecule is CC(C)NC(=O)CNC(CC1CN(C(=O)OC(C)(C)C)C1)C(C)C. The molecule has 0 aromatic rings. The largest absolute Gasteiger partial charge is 0.444 e. The lowest BCUT2D eigenvalue weighted by Gasteiger charge is -2.41. The van der Waals surface area contributed by atoms with Crippen LogP contribution >= 0.6 is 0 Å². The zero-order chi connectivity index (χ0) is 18.5. The maximum Gasteiger partial charge on any atom is 0.410 e. The molecule has 1 rings (SSSR count). The molecule has 140 valence electrons. The summed E-state index contributed by atoms with van der Waals surface area (Å²) in [5.74, 6) is 0.928. The van der Waals surface area contributed by atoms with Crippen LogP contribution in [-0.2, 0) is 9.53 Å². The van der Waals surface area contributed by atoms with Crippen molar-refractivity contribution in [2.75, 3.05) is 19.6 Å². The second-order valence-corrected chi connectivity index (χ2v) is 8.44. The summed E-state index contributed by atoms with van der Waals surface area (Å²) in [5.41, 5.74) is -0.450. The van der Waals surface area contributed by atoms with Gasteiger partial charge in [-0.2, -0.15) is 0 Å². The molecule has 6 heteroatoms. The summed E-state index contributed by atoms with van der Waals surface area (Å²) in [5, 5.41) is 6.25. The fourth-order valence-electron chi connectivity index (χ4n) is 2.74.